The number of amides is 2. The normalized spacial score (nSPS) is 16.4. The fourth-order valence-electron chi connectivity index (χ4n) is 13.7. The molecule has 2 aliphatic rings. The second-order valence-corrected chi connectivity index (χ2v) is 37.0. The summed E-state index contributed by atoms with van der Waals surface area (Å²) in [6, 6.07) is 8.13. The Morgan fingerprint density at radius 3 is 1.61 bits per heavy atom. The van der Waals surface area contributed by atoms with Crippen LogP contribution in [0.2, 0.25) is 0 Å². The van der Waals surface area contributed by atoms with Crippen molar-refractivity contribution < 1.29 is 108 Å². The number of fused-ring (bicyclic) bond motifs is 2. The van der Waals surface area contributed by atoms with E-state index in [2.05, 4.69) is 48.8 Å². The molecule has 0 fully saturated rings. The first-order chi connectivity index (χ1) is 53.1. The molecule has 112 heavy (non-hydrogen) atoms. The number of unbranched alkanes of at least 4 members (excludes halogenated alkanes) is 24. The number of rotatable bonds is 62. The zero-order valence-electron chi connectivity index (χ0n) is 66.6. The van der Waals surface area contributed by atoms with E-state index < -0.39 is 115 Å². The van der Waals surface area contributed by atoms with E-state index in [-0.39, 0.29) is 80.6 Å². The molecule has 2 unspecified atom stereocenters. The van der Waals surface area contributed by atoms with Crippen LogP contribution in [0.1, 0.15) is 270 Å². The smallest absolute Gasteiger partial charge is 0.462 e. The SMILES string of the molecule is CCCCCCCC/C=C\CCCCCCCC(=O)OC[C@H](COP(=O)(O)OCCNC(=O)OCCNC(=O)CCCCCC1(C)/C(=C/C=C/C=C/C2=[N+](CCCS(=O)(=O)O)c3ccc(S(=O)(=O)O)cc3C2(C)C)N(CCCS(=O)(=O)O)c2ccc(S(=O)(=O)O)cc21)OC(=O)CCCCCCC/C=C\CCCCCCCC. The van der Waals surface area contributed by atoms with Crippen molar-refractivity contribution in [3.63, 3.8) is 0 Å². The molecule has 0 radical (unpaired) electrons. The molecular formula is C80H128N4O23PS4+. The number of carbonyl (C=O) groups is 4. The van der Waals surface area contributed by atoms with Crippen LogP contribution in [0.4, 0.5) is 16.2 Å². The maximum atomic E-state index is 13.0. The molecule has 27 nitrogen and oxygen atoms in total. The fourth-order valence-corrected chi connectivity index (χ4v) is 16.4. The lowest BCUT2D eigenvalue weighted by Crippen LogP contribution is -2.32. The predicted octanol–water partition coefficient (Wildman–Crippen LogP) is 16.3. The third-order valence-electron chi connectivity index (χ3n) is 19.8. The third-order valence-corrected chi connectivity index (χ3v) is 24.1. The number of phosphoric acid groups is 1. The van der Waals surface area contributed by atoms with Gasteiger partial charge >= 0.3 is 25.9 Å². The van der Waals surface area contributed by atoms with Crippen LogP contribution < -0.4 is 15.5 Å². The number of ether oxygens (including phenoxy) is 3. The summed E-state index contributed by atoms with van der Waals surface area (Å²) in [5, 5.41) is 5.06. The first-order valence-corrected chi connectivity index (χ1v) is 47.8. The molecule has 3 atom stereocenters. The molecule has 634 valence electrons. The van der Waals surface area contributed by atoms with Crippen LogP contribution >= 0.6 is 7.82 Å². The average Bonchev–Trinajstić information content (AvgIpc) is 1.58. The van der Waals surface area contributed by atoms with Crippen molar-refractivity contribution in [1.29, 1.82) is 0 Å². The molecule has 2 aromatic carbocycles. The van der Waals surface area contributed by atoms with Crippen molar-refractivity contribution in [3.8, 4) is 0 Å². The van der Waals surface area contributed by atoms with Gasteiger partial charge in [0.25, 0.3) is 40.5 Å². The number of anilines is 1. The summed E-state index contributed by atoms with van der Waals surface area (Å²) < 4.78 is 177. The number of nitrogens with one attached hydrogen (secondary N) is 2. The Morgan fingerprint density at radius 1 is 0.545 bits per heavy atom. The lowest BCUT2D eigenvalue weighted by Gasteiger charge is -2.30. The summed E-state index contributed by atoms with van der Waals surface area (Å²) in [5.41, 5.74) is 1.36. The molecule has 2 aliphatic heterocycles. The van der Waals surface area contributed by atoms with Gasteiger partial charge in [-0.2, -0.15) is 38.2 Å². The number of carbonyl (C=O) groups excluding carboxylic acids is 4. The van der Waals surface area contributed by atoms with Gasteiger partial charge in [0.1, 0.15) is 19.8 Å². The standard InChI is InChI=1S/C80H127N4O23PS4/c1-6-8-10-12-14-16-18-20-22-24-26-28-30-32-39-47-76(86)104-64-66(107-77(87)48-40-33-31-29-27-25-23-21-19-17-15-13-11-9-7-2)65-106-108(89,90)105-59-55-82-78(88)103-58-54-81-75(85)46-38-35-41-53-80(5)70-63-68(112(100,101)102)50-52-72(70)84(57-43-61-110(94,95)96)74(80)45-37-34-36-44-73-79(3,4)69-62-67(111(97,98)99)49-51-71(69)83(73)56-42-60-109(91,92)93/h20-23,34,36-37,44-45,49-52,62-63,66H,6-19,24-33,35,38-43,46-48,53-61,64-65H2,1-5H3,(H6-,81,82,85,88,89,90,91,92,93,94,95,96,97,98,99,100,101,102)/p+1/b22-20-,23-21-/t66-,80?/m1/s1. The lowest BCUT2D eigenvalue weighted by atomic mass is 9.77. The quantitative estimate of drug-likeness (QED) is 0.00473. The van der Waals surface area contributed by atoms with Gasteiger partial charge in [-0.05, 0) is 146 Å². The summed E-state index contributed by atoms with van der Waals surface area (Å²) in [7, 11) is -22.8. The van der Waals surface area contributed by atoms with Crippen LogP contribution in [-0.2, 0) is 93.5 Å². The van der Waals surface area contributed by atoms with E-state index in [9.17, 15) is 80.5 Å². The molecule has 0 aromatic heterocycles. The molecule has 2 amide bonds. The molecule has 0 bridgehead atoms. The summed E-state index contributed by atoms with van der Waals surface area (Å²) in [6.07, 6.45) is 46.1. The van der Waals surface area contributed by atoms with Gasteiger partial charge in [0.15, 0.2) is 11.8 Å². The van der Waals surface area contributed by atoms with Crippen molar-refractivity contribution in [1.82, 2.24) is 10.6 Å². The minimum Gasteiger partial charge on any atom is -0.462 e. The zero-order valence-corrected chi connectivity index (χ0v) is 70.8. The van der Waals surface area contributed by atoms with Crippen LogP contribution in [0.3, 0.4) is 0 Å². The summed E-state index contributed by atoms with van der Waals surface area (Å²) in [5.74, 6) is -2.57. The van der Waals surface area contributed by atoms with Gasteiger partial charge in [0.2, 0.25) is 11.6 Å². The number of hydrogen-bond donors (Lipinski definition) is 7. The van der Waals surface area contributed by atoms with Gasteiger partial charge in [-0.3, -0.25) is 41.6 Å². The molecule has 4 rings (SSSR count). The summed E-state index contributed by atoms with van der Waals surface area (Å²) >= 11 is 0. The second kappa shape index (κ2) is 51.9. The average molecular weight is 1670 g/mol. The highest BCUT2D eigenvalue weighted by atomic mass is 32.2. The first kappa shape index (κ1) is 98.4. The molecule has 7 N–H and O–H groups in total. The Morgan fingerprint density at radius 2 is 1.04 bits per heavy atom. The number of alkyl carbamates (subject to hydrolysis) is 1. The van der Waals surface area contributed by atoms with Gasteiger partial charge < -0.3 is 34.6 Å². The highest BCUT2D eigenvalue weighted by molar-refractivity contribution is 7.86. The Kier molecular flexibility index (Phi) is 45.6. The Hall–Kier alpha value is -5.96. The maximum Gasteiger partial charge on any atom is 0.472 e. The molecule has 0 aliphatic carbocycles. The van der Waals surface area contributed by atoms with Crippen LogP contribution in [0, 0.1) is 0 Å². The molecule has 32 heteroatoms. The first-order valence-electron chi connectivity index (χ1n) is 40.2. The van der Waals surface area contributed by atoms with Gasteiger partial charge in [-0.1, -0.05) is 172 Å². The van der Waals surface area contributed by atoms with Gasteiger partial charge in [-0.15, -0.1) is 0 Å². The molecule has 0 spiro atoms. The van der Waals surface area contributed by atoms with E-state index in [1.165, 1.54) is 113 Å². The molecule has 2 heterocycles. The topological polar surface area (TPSA) is 400 Å². The van der Waals surface area contributed by atoms with Crippen LogP contribution in [-0.4, -0.2) is 161 Å². The van der Waals surface area contributed by atoms with Crippen molar-refractivity contribution in [2.75, 3.05) is 69.0 Å². The third kappa shape index (κ3) is 39.6. The van der Waals surface area contributed by atoms with E-state index in [0.29, 0.717) is 72.4 Å². The van der Waals surface area contributed by atoms with E-state index >= 15 is 0 Å². The van der Waals surface area contributed by atoms with E-state index in [0.717, 1.165) is 77.0 Å². The van der Waals surface area contributed by atoms with E-state index in [1.54, 1.807) is 39.9 Å². The van der Waals surface area contributed by atoms with Crippen molar-refractivity contribution in [3.05, 3.63) is 108 Å². The minimum atomic E-state index is -4.80. The van der Waals surface area contributed by atoms with E-state index in [4.69, 9.17) is 23.3 Å². The van der Waals surface area contributed by atoms with Crippen LogP contribution in [0.25, 0.3) is 0 Å². The summed E-state index contributed by atoms with van der Waals surface area (Å²) in [6.45, 7) is 7.95. The van der Waals surface area contributed by atoms with Gasteiger partial charge in [-0.25, -0.2) is 9.36 Å². The van der Waals surface area contributed by atoms with Gasteiger partial charge in [0.05, 0.1) is 46.5 Å². The number of benzene rings is 2. The number of phosphoric ester groups is 1. The van der Waals surface area contributed by atoms with Crippen LogP contribution in [0.5, 0.6) is 0 Å². The largest absolute Gasteiger partial charge is 0.472 e. The van der Waals surface area contributed by atoms with Crippen molar-refractivity contribution >= 4 is 89.3 Å². The maximum absolute atomic E-state index is 13.0. The highest BCUT2D eigenvalue weighted by Crippen LogP contribution is 2.52. The monoisotopic (exact) mass is 1670 g/mol. The number of allylic oxidation sites excluding steroid dienone is 10. The van der Waals surface area contributed by atoms with Crippen LogP contribution in [0.15, 0.2) is 107 Å². The minimum absolute atomic E-state index is 0.00171. The fraction of sp³-hybridized carbons (Fsp3) is 0.662. The summed E-state index contributed by atoms with van der Waals surface area (Å²) in [4.78, 5) is 63.0. The predicted molar refractivity (Wildman–Crippen MR) is 435 cm³/mol. The Labute approximate surface area is 667 Å². The molecule has 0 saturated heterocycles. The van der Waals surface area contributed by atoms with Crippen molar-refractivity contribution in [2.24, 2.45) is 0 Å². The Balaban J connectivity index is 1.27. The number of hydrogen-bond acceptors (Lipinski definition) is 19. The Bertz CT molecular complexity index is 3970. The lowest BCUT2D eigenvalue weighted by molar-refractivity contribution is -0.437. The number of esters is 2. The van der Waals surface area contributed by atoms with Crippen molar-refractivity contribution in [2.45, 2.75) is 286 Å². The second-order valence-electron chi connectivity index (χ2n) is 29.6. The molecular weight excluding hydrogens is 1540 g/mol. The molecule has 2 aromatic rings. The zero-order chi connectivity index (χ0) is 82.5. The number of nitrogens with zero attached hydrogens (tertiary/aromatic N) is 2. The van der Waals surface area contributed by atoms with Gasteiger partial charge in [0, 0.05) is 73.3 Å². The highest BCUT2D eigenvalue weighted by Gasteiger charge is 2.46. The molecule has 0 saturated carbocycles. The van der Waals surface area contributed by atoms with E-state index in [1.807, 2.05) is 20.8 Å².